The van der Waals surface area contributed by atoms with Gasteiger partial charge >= 0.3 is 0 Å². The molecule has 0 aliphatic carbocycles. The van der Waals surface area contributed by atoms with E-state index in [2.05, 4.69) is 15.7 Å². The van der Waals surface area contributed by atoms with Gasteiger partial charge in [-0.3, -0.25) is 14.3 Å². The molecule has 0 radical (unpaired) electrons. The molecule has 1 aromatic carbocycles. The third-order valence-electron chi connectivity index (χ3n) is 3.93. The first kappa shape index (κ1) is 23.6. The molecule has 0 spiro atoms. The number of benzene rings is 1. The number of carbonyl (C=O) groups is 2. The van der Waals surface area contributed by atoms with Gasteiger partial charge in [-0.1, -0.05) is 58.0 Å². The van der Waals surface area contributed by atoms with Gasteiger partial charge in [0.1, 0.15) is 22.4 Å². The van der Waals surface area contributed by atoms with Gasteiger partial charge in [0.15, 0.2) is 17.2 Å². The minimum absolute atomic E-state index is 0.00404. The van der Waals surface area contributed by atoms with E-state index in [-0.39, 0.29) is 60.4 Å². The first-order chi connectivity index (χ1) is 14.6. The third kappa shape index (κ3) is 4.88. The summed E-state index contributed by atoms with van der Waals surface area (Å²) in [6.45, 7) is -0.128. The quantitative estimate of drug-likeness (QED) is 0.328. The summed E-state index contributed by atoms with van der Waals surface area (Å²) in [5.74, 6) is -0.737. The first-order valence-corrected chi connectivity index (χ1v) is 10.3. The Kier molecular flexibility index (Phi) is 7.28. The highest BCUT2D eigenvalue weighted by Crippen LogP contribution is 2.48. The van der Waals surface area contributed by atoms with E-state index in [4.69, 9.17) is 67.2 Å². The Morgan fingerprint density at radius 2 is 1.65 bits per heavy atom. The molecule has 8 nitrogen and oxygen atoms in total. The van der Waals surface area contributed by atoms with E-state index in [1.807, 2.05) is 0 Å². The number of anilines is 1. The first-order valence-electron chi connectivity index (χ1n) is 8.44. The molecule has 0 fully saturated rings. The lowest BCUT2D eigenvalue weighted by atomic mass is 10.3. The highest BCUT2D eigenvalue weighted by atomic mass is 35.5. The van der Waals surface area contributed by atoms with Crippen molar-refractivity contribution in [3.8, 4) is 5.75 Å². The molecule has 2 N–H and O–H groups in total. The Morgan fingerprint density at radius 3 is 2.26 bits per heavy atom. The molecule has 2 amide bonds. The molecule has 0 atom stereocenters. The molecule has 31 heavy (non-hydrogen) atoms. The fourth-order valence-corrected chi connectivity index (χ4v) is 3.71. The summed E-state index contributed by atoms with van der Waals surface area (Å²) in [6, 6.07) is 2.97. The van der Waals surface area contributed by atoms with Crippen molar-refractivity contribution in [3.63, 3.8) is 0 Å². The van der Waals surface area contributed by atoms with Crippen LogP contribution in [-0.2, 0) is 13.7 Å². The molecule has 0 aliphatic rings. The summed E-state index contributed by atoms with van der Waals surface area (Å²) in [6.07, 6.45) is 1.49. The van der Waals surface area contributed by atoms with Crippen LogP contribution in [-0.4, -0.2) is 28.6 Å². The molecular weight excluding hydrogens is 513 g/mol. The van der Waals surface area contributed by atoms with Crippen LogP contribution in [0.1, 0.15) is 26.8 Å². The number of nitrogens with zero attached hydrogens (tertiary/aromatic N) is 2. The van der Waals surface area contributed by atoms with Crippen molar-refractivity contribution in [2.75, 3.05) is 12.4 Å². The Labute approximate surface area is 201 Å². The zero-order valence-electron chi connectivity index (χ0n) is 15.9. The van der Waals surface area contributed by atoms with E-state index in [0.29, 0.717) is 0 Å². The number of halogens is 5. The van der Waals surface area contributed by atoms with Crippen molar-refractivity contribution in [1.29, 1.82) is 0 Å². The predicted molar refractivity (Wildman–Crippen MR) is 119 cm³/mol. The maximum atomic E-state index is 12.5. The Morgan fingerprint density at radius 1 is 1.03 bits per heavy atom. The second-order valence-corrected chi connectivity index (χ2v) is 7.94. The van der Waals surface area contributed by atoms with Gasteiger partial charge in [-0.25, -0.2) is 0 Å². The van der Waals surface area contributed by atoms with Gasteiger partial charge < -0.3 is 19.8 Å². The van der Waals surface area contributed by atoms with Gasteiger partial charge in [0.2, 0.25) is 0 Å². The van der Waals surface area contributed by atoms with Gasteiger partial charge in [0, 0.05) is 20.3 Å². The second kappa shape index (κ2) is 9.58. The van der Waals surface area contributed by atoms with Crippen LogP contribution >= 0.6 is 58.0 Å². The third-order valence-corrected chi connectivity index (χ3v) is 6.17. The van der Waals surface area contributed by atoms with E-state index in [1.165, 1.54) is 30.1 Å². The standard InChI is InChI=1S/C18H13Cl5N4O4/c1-24-18(29)15-8(5-27(2)26-15)25-17(28)9-4-3-7(31-9)6-30-16-13(22)11(20)10(19)12(21)14(16)23/h3-5H,6H2,1-2H3,(H,24,29)(H,25,28). The van der Waals surface area contributed by atoms with Crippen LogP contribution in [0.4, 0.5) is 5.69 Å². The minimum Gasteiger partial charge on any atom is -0.482 e. The van der Waals surface area contributed by atoms with Crippen molar-refractivity contribution in [2.24, 2.45) is 7.05 Å². The number of hydrogen-bond acceptors (Lipinski definition) is 5. The highest BCUT2D eigenvalue weighted by molar-refractivity contribution is 6.55. The largest absolute Gasteiger partial charge is 0.482 e. The molecule has 13 heteroatoms. The molecule has 0 aliphatic heterocycles. The lowest BCUT2D eigenvalue weighted by Gasteiger charge is -2.12. The fraction of sp³-hybridized carbons (Fsp3) is 0.167. The summed E-state index contributed by atoms with van der Waals surface area (Å²) >= 11 is 30.2. The zero-order chi connectivity index (χ0) is 22.9. The molecule has 0 bridgehead atoms. The van der Waals surface area contributed by atoms with Gasteiger partial charge in [-0.2, -0.15) is 5.10 Å². The maximum absolute atomic E-state index is 12.5. The molecular formula is C18H13Cl5N4O4. The molecule has 0 saturated heterocycles. The number of carbonyl (C=O) groups excluding carboxylic acids is 2. The van der Waals surface area contributed by atoms with E-state index >= 15 is 0 Å². The summed E-state index contributed by atoms with van der Waals surface area (Å²) in [4.78, 5) is 24.4. The van der Waals surface area contributed by atoms with Crippen molar-refractivity contribution < 1.29 is 18.7 Å². The number of amides is 2. The van der Waals surface area contributed by atoms with Gasteiger partial charge in [0.05, 0.1) is 20.8 Å². The number of furan rings is 1. The van der Waals surface area contributed by atoms with Crippen LogP contribution in [0.3, 0.4) is 0 Å². The highest BCUT2D eigenvalue weighted by Gasteiger charge is 2.22. The van der Waals surface area contributed by atoms with E-state index in [9.17, 15) is 9.59 Å². The van der Waals surface area contributed by atoms with Crippen LogP contribution in [0.15, 0.2) is 22.7 Å². The predicted octanol–water partition coefficient (Wildman–Crippen LogP) is 5.47. The molecule has 2 heterocycles. The number of ether oxygens (including phenoxy) is 1. The Balaban J connectivity index is 1.73. The monoisotopic (exact) mass is 524 g/mol. The van der Waals surface area contributed by atoms with Crippen LogP contribution in [0.25, 0.3) is 0 Å². The van der Waals surface area contributed by atoms with Crippen LogP contribution in [0, 0.1) is 0 Å². The molecule has 164 valence electrons. The van der Waals surface area contributed by atoms with Crippen molar-refractivity contribution in [2.45, 2.75) is 6.61 Å². The van der Waals surface area contributed by atoms with E-state index in [1.54, 1.807) is 7.05 Å². The Hall–Kier alpha value is -2.10. The van der Waals surface area contributed by atoms with E-state index in [0.717, 1.165) is 0 Å². The molecule has 2 aromatic heterocycles. The normalized spacial score (nSPS) is 10.8. The Bertz CT molecular complexity index is 1150. The minimum atomic E-state index is -0.585. The lowest BCUT2D eigenvalue weighted by molar-refractivity contribution is 0.0958. The number of aryl methyl sites for hydroxylation is 1. The summed E-state index contributed by atoms with van der Waals surface area (Å²) in [5.41, 5.74) is 0.291. The summed E-state index contributed by atoms with van der Waals surface area (Å²) in [7, 11) is 3.08. The average molecular weight is 527 g/mol. The van der Waals surface area contributed by atoms with Crippen LogP contribution in [0.2, 0.25) is 25.1 Å². The van der Waals surface area contributed by atoms with E-state index < -0.39 is 11.8 Å². The smallest absolute Gasteiger partial charge is 0.291 e. The molecule has 0 unspecified atom stereocenters. The van der Waals surface area contributed by atoms with Crippen molar-refractivity contribution in [1.82, 2.24) is 15.1 Å². The van der Waals surface area contributed by atoms with Crippen molar-refractivity contribution >= 4 is 75.5 Å². The zero-order valence-corrected chi connectivity index (χ0v) is 19.6. The number of rotatable bonds is 6. The van der Waals surface area contributed by atoms with Gasteiger partial charge in [-0.05, 0) is 12.1 Å². The van der Waals surface area contributed by atoms with Crippen LogP contribution < -0.4 is 15.4 Å². The average Bonchev–Trinajstić information content (AvgIpc) is 3.36. The molecule has 3 rings (SSSR count). The van der Waals surface area contributed by atoms with Gasteiger partial charge in [-0.15, -0.1) is 0 Å². The SMILES string of the molecule is CNC(=O)c1nn(C)cc1NC(=O)c1ccc(COc2c(Cl)c(Cl)c(Cl)c(Cl)c2Cl)o1. The van der Waals surface area contributed by atoms with Crippen LogP contribution in [0.5, 0.6) is 5.75 Å². The number of hydrogen-bond donors (Lipinski definition) is 2. The summed E-state index contributed by atoms with van der Waals surface area (Å²) in [5, 5.41) is 9.03. The summed E-state index contributed by atoms with van der Waals surface area (Å²) < 4.78 is 12.5. The molecule has 3 aromatic rings. The maximum Gasteiger partial charge on any atom is 0.291 e. The second-order valence-electron chi connectivity index (χ2n) is 6.05. The number of aromatic nitrogens is 2. The molecule has 0 saturated carbocycles. The topological polar surface area (TPSA) is 98.4 Å². The van der Waals surface area contributed by atoms with Crippen molar-refractivity contribution in [3.05, 3.63) is 60.7 Å². The fourth-order valence-electron chi connectivity index (χ4n) is 2.48. The lowest BCUT2D eigenvalue weighted by Crippen LogP contribution is -2.21. The van der Waals surface area contributed by atoms with Gasteiger partial charge in [0.25, 0.3) is 11.8 Å². The number of nitrogens with one attached hydrogen (secondary N) is 2.